The van der Waals surface area contributed by atoms with Crippen molar-refractivity contribution in [3.63, 3.8) is 0 Å². The monoisotopic (exact) mass is 330 g/mol. The lowest BCUT2D eigenvalue weighted by Gasteiger charge is -2.20. The van der Waals surface area contributed by atoms with Crippen LogP contribution in [0.1, 0.15) is 26.3 Å². The van der Waals surface area contributed by atoms with Gasteiger partial charge in [0.15, 0.2) is 0 Å². The van der Waals surface area contributed by atoms with Crippen LogP contribution < -0.4 is 10.6 Å². The molecule has 0 radical (unpaired) electrons. The third kappa shape index (κ3) is 5.87. The van der Waals surface area contributed by atoms with Gasteiger partial charge in [0.05, 0.1) is 16.6 Å². The Morgan fingerprint density at radius 1 is 1.04 bits per heavy atom. The summed E-state index contributed by atoms with van der Waals surface area (Å²) in [6.45, 7) is 5.77. The first kappa shape index (κ1) is 17.2. The molecule has 1 unspecified atom stereocenters. The summed E-state index contributed by atoms with van der Waals surface area (Å²) in [5.41, 5.74) is 1.31. The summed E-state index contributed by atoms with van der Waals surface area (Å²) in [6.07, 6.45) is 0. The quantitative estimate of drug-likeness (QED) is 0.893. The molecule has 0 aromatic heterocycles. The molecule has 0 aliphatic rings. The zero-order chi connectivity index (χ0) is 16.9. The Bertz CT molecular complexity index is 694. The molecule has 2 rings (SSSR count). The first-order valence-electron chi connectivity index (χ1n) is 7.45. The van der Waals surface area contributed by atoms with Crippen molar-refractivity contribution in [1.82, 2.24) is 5.32 Å². The molecule has 0 fully saturated rings. The van der Waals surface area contributed by atoms with E-state index in [2.05, 4.69) is 10.6 Å². The van der Waals surface area contributed by atoms with Crippen LogP contribution in [0, 0.1) is 0 Å². The average Bonchev–Trinajstić information content (AvgIpc) is 2.46. The highest BCUT2D eigenvalue weighted by atomic mass is 32.2. The summed E-state index contributed by atoms with van der Waals surface area (Å²) >= 11 is 0. The fraction of sp³-hybridized carbons (Fsp3) is 0.278. The second kappa shape index (κ2) is 7.42. The topological polar surface area (TPSA) is 58.2 Å². The number of rotatable bonds is 4. The Kier molecular flexibility index (Phi) is 5.55. The number of carbonyl (C=O) groups excluding carboxylic acids is 1. The van der Waals surface area contributed by atoms with Crippen LogP contribution in [-0.2, 0) is 16.6 Å². The van der Waals surface area contributed by atoms with Crippen LogP contribution in [0.4, 0.5) is 10.5 Å². The van der Waals surface area contributed by atoms with E-state index < -0.39 is 10.8 Å². The molecule has 122 valence electrons. The highest BCUT2D eigenvalue weighted by molar-refractivity contribution is 7.84. The normalized spacial score (nSPS) is 12.5. The van der Waals surface area contributed by atoms with E-state index in [0.717, 1.165) is 10.5 Å². The third-order valence-corrected chi connectivity index (χ3v) is 4.37. The standard InChI is InChI=1S/C18H22N2O2S/c1-18(2,3)20-17(21)19-15-9-7-8-14(12-15)13-23(22)16-10-5-4-6-11-16/h4-12H,13H2,1-3H3,(H2,19,20,21). The molecule has 0 saturated heterocycles. The van der Waals surface area contributed by atoms with Gasteiger partial charge in [-0.2, -0.15) is 0 Å². The molecule has 0 aliphatic heterocycles. The molecule has 2 aromatic rings. The number of nitrogens with one attached hydrogen (secondary N) is 2. The minimum atomic E-state index is -1.10. The van der Waals surface area contributed by atoms with Crippen molar-refractivity contribution in [2.75, 3.05) is 5.32 Å². The van der Waals surface area contributed by atoms with Gasteiger partial charge in [0.2, 0.25) is 0 Å². The molecule has 0 bridgehead atoms. The second-order valence-corrected chi connectivity index (χ2v) is 7.78. The van der Waals surface area contributed by atoms with Gasteiger partial charge in [-0.25, -0.2) is 4.79 Å². The summed E-state index contributed by atoms with van der Waals surface area (Å²) < 4.78 is 12.3. The van der Waals surface area contributed by atoms with Crippen molar-refractivity contribution in [2.24, 2.45) is 0 Å². The Hall–Kier alpha value is -2.14. The second-order valence-electron chi connectivity index (χ2n) is 6.33. The van der Waals surface area contributed by atoms with Crippen LogP contribution in [0.2, 0.25) is 0 Å². The number of carbonyl (C=O) groups is 1. The number of hydrogen-bond acceptors (Lipinski definition) is 2. The lowest BCUT2D eigenvalue weighted by atomic mass is 10.1. The molecular formula is C18H22N2O2S. The molecule has 0 heterocycles. The minimum absolute atomic E-state index is 0.251. The van der Waals surface area contributed by atoms with Crippen LogP contribution in [0.15, 0.2) is 59.5 Å². The smallest absolute Gasteiger partial charge is 0.319 e. The Balaban J connectivity index is 2.02. The largest absolute Gasteiger partial charge is 0.333 e. The van der Waals surface area contributed by atoms with Crippen molar-refractivity contribution in [3.05, 3.63) is 60.2 Å². The average molecular weight is 330 g/mol. The van der Waals surface area contributed by atoms with Crippen molar-refractivity contribution < 1.29 is 9.00 Å². The van der Waals surface area contributed by atoms with Gasteiger partial charge in [0.1, 0.15) is 0 Å². The first-order valence-corrected chi connectivity index (χ1v) is 8.77. The molecule has 2 amide bonds. The Morgan fingerprint density at radius 2 is 1.74 bits per heavy atom. The Morgan fingerprint density at radius 3 is 2.39 bits per heavy atom. The van der Waals surface area contributed by atoms with Crippen LogP contribution in [-0.4, -0.2) is 15.8 Å². The predicted molar refractivity (Wildman–Crippen MR) is 94.9 cm³/mol. The number of anilines is 1. The zero-order valence-electron chi connectivity index (χ0n) is 13.6. The number of hydrogen-bond donors (Lipinski definition) is 2. The van der Waals surface area contributed by atoms with Gasteiger partial charge < -0.3 is 10.6 Å². The number of amides is 2. The van der Waals surface area contributed by atoms with Crippen LogP contribution in [0.5, 0.6) is 0 Å². The molecule has 2 aromatic carbocycles. The molecule has 0 saturated carbocycles. The molecule has 1 atom stereocenters. The van der Waals surface area contributed by atoms with Crippen LogP contribution in [0.25, 0.3) is 0 Å². The minimum Gasteiger partial charge on any atom is -0.333 e. The SMILES string of the molecule is CC(C)(C)NC(=O)Nc1cccc(CS(=O)c2ccccc2)c1. The van der Waals surface area contributed by atoms with E-state index in [1.54, 1.807) is 0 Å². The maximum absolute atomic E-state index is 12.3. The van der Waals surface area contributed by atoms with Crippen molar-refractivity contribution in [3.8, 4) is 0 Å². The fourth-order valence-electron chi connectivity index (χ4n) is 2.05. The van der Waals surface area contributed by atoms with E-state index in [1.165, 1.54) is 0 Å². The molecule has 23 heavy (non-hydrogen) atoms. The summed E-state index contributed by atoms with van der Waals surface area (Å²) in [5.74, 6) is 0.417. The lowest BCUT2D eigenvalue weighted by molar-refractivity contribution is 0.244. The Labute approximate surface area is 139 Å². The summed E-state index contributed by atoms with van der Waals surface area (Å²) in [7, 11) is -1.10. The van der Waals surface area contributed by atoms with E-state index in [-0.39, 0.29) is 11.6 Å². The van der Waals surface area contributed by atoms with E-state index in [0.29, 0.717) is 11.4 Å². The van der Waals surface area contributed by atoms with E-state index in [9.17, 15) is 9.00 Å². The van der Waals surface area contributed by atoms with E-state index in [4.69, 9.17) is 0 Å². The van der Waals surface area contributed by atoms with Gasteiger partial charge in [-0.3, -0.25) is 4.21 Å². The third-order valence-electron chi connectivity index (χ3n) is 2.98. The van der Waals surface area contributed by atoms with Gasteiger partial charge in [0.25, 0.3) is 0 Å². The van der Waals surface area contributed by atoms with Crippen molar-refractivity contribution in [2.45, 2.75) is 37.0 Å². The summed E-state index contributed by atoms with van der Waals surface area (Å²) in [5, 5.41) is 5.65. The lowest BCUT2D eigenvalue weighted by Crippen LogP contribution is -2.43. The van der Waals surface area contributed by atoms with Crippen LogP contribution >= 0.6 is 0 Å². The highest BCUT2D eigenvalue weighted by Gasteiger charge is 2.13. The van der Waals surface area contributed by atoms with Crippen molar-refractivity contribution >= 4 is 22.5 Å². The number of urea groups is 1. The fourth-order valence-corrected chi connectivity index (χ4v) is 3.16. The van der Waals surface area contributed by atoms with Crippen molar-refractivity contribution in [1.29, 1.82) is 0 Å². The number of benzene rings is 2. The predicted octanol–water partition coefficient (Wildman–Crippen LogP) is 3.91. The zero-order valence-corrected chi connectivity index (χ0v) is 14.4. The van der Waals surface area contributed by atoms with Gasteiger partial charge in [0, 0.05) is 16.1 Å². The first-order chi connectivity index (χ1) is 10.8. The highest BCUT2D eigenvalue weighted by Crippen LogP contribution is 2.16. The van der Waals surface area contributed by atoms with Gasteiger partial charge in [-0.1, -0.05) is 30.3 Å². The molecule has 0 aliphatic carbocycles. The maximum Gasteiger partial charge on any atom is 0.319 e. The molecular weight excluding hydrogens is 308 g/mol. The van der Waals surface area contributed by atoms with Gasteiger partial charge in [-0.05, 0) is 50.6 Å². The van der Waals surface area contributed by atoms with Crippen LogP contribution in [0.3, 0.4) is 0 Å². The van der Waals surface area contributed by atoms with E-state index >= 15 is 0 Å². The molecule has 2 N–H and O–H groups in total. The molecule has 5 heteroatoms. The van der Waals surface area contributed by atoms with E-state index in [1.807, 2.05) is 75.4 Å². The molecule has 0 spiro atoms. The van der Waals surface area contributed by atoms with Gasteiger partial charge >= 0.3 is 6.03 Å². The van der Waals surface area contributed by atoms with Gasteiger partial charge in [-0.15, -0.1) is 0 Å². The summed E-state index contributed by atoms with van der Waals surface area (Å²) in [4.78, 5) is 12.7. The summed E-state index contributed by atoms with van der Waals surface area (Å²) in [6, 6.07) is 16.5. The molecule has 4 nitrogen and oxygen atoms in total. The maximum atomic E-state index is 12.3.